The summed E-state index contributed by atoms with van der Waals surface area (Å²) in [5.41, 5.74) is 7.02. The summed E-state index contributed by atoms with van der Waals surface area (Å²) in [6.07, 6.45) is 1.49. The number of nitrogens with zero attached hydrogens (tertiary/aromatic N) is 1. The van der Waals surface area contributed by atoms with Crippen molar-refractivity contribution in [2.75, 3.05) is 0 Å². The minimum atomic E-state index is -2.07. The first-order valence-electron chi connectivity index (χ1n) is 32.5. The van der Waals surface area contributed by atoms with Gasteiger partial charge in [0.2, 0.25) is 70.9 Å². The molecular formula is C68H90N14O18. The number of aromatic nitrogens is 2. The van der Waals surface area contributed by atoms with Crippen molar-refractivity contribution < 1.29 is 87.5 Å². The number of phenolic OH excluding ortho intramolecular Hbond substituents is 2. The highest BCUT2D eigenvalue weighted by Crippen LogP contribution is 2.17. The zero-order chi connectivity index (χ0) is 73.9. The predicted octanol–water partition coefficient (Wildman–Crippen LogP) is -1.02. The number of hydrogen-bond donors (Lipinski definition) is 17. The molecule has 0 fully saturated rings. The maximum absolute atomic E-state index is 14.7. The van der Waals surface area contributed by atoms with Crippen LogP contribution >= 0.6 is 0 Å². The number of carboxylic acids is 2. The second kappa shape index (κ2) is 38.7. The van der Waals surface area contributed by atoms with E-state index < -0.39 is 187 Å². The zero-order valence-electron chi connectivity index (χ0n) is 56.5. The maximum Gasteiger partial charge on any atom is 0.326 e. The number of amides is 12. The lowest BCUT2D eigenvalue weighted by Gasteiger charge is -2.29. The molecule has 0 bridgehead atoms. The molecule has 0 radical (unpaired) electrons. The highest BCUT2D eigenvalue weighted by molar-refractivity contribution is 6.01. The van der Waals surface area contributed by atoms with Crippen LogP contribution in [0.25, 0.3) is 0 Å². The van der Waals surface area contributed by atoms with Gasteiger partial charge in [-0.05, 0) is 84.9 Å². The second-order valence-corrected chi connectivity index (χ2v) is 25.4. The molecule has 0 saturated carbocycles. The van der Waals surface area contributed by atoms with Gasteiger partial charge < -0.3 is 89.6 Å². The van der Waals surface area contributed by atoms with Crippen molar-refractivity contribution in [2.45, 2.75) is 179 Å². The number of aromatic hydroxyl groups is 2. The summed E-state index contributed by atoms with van der Waals surface area (Å²) >= 11 is 0. The number of hydrogen-bond acceptors (Lipinski definition) is 17. The van der Waals surface area contributed by atoms with Crippen molar-refractivity contribution in [3.63, 3.8) is 0 Å². The molecule has 100 heavy (non-hydrogen) atoms. The molecule has 1 aromatic heterocycles. The third-order valence-electron chi connectivity index (χ3n) is 15.9. The van der Waals surface area contributed by atoms with Crippen LogP contribution < -0.4 is 64.2 Å². The van der Waals surface area contributed by atoms with E-state index in [2.05, 4.69) is 68.5 Å². The molecule has 3 aromatic carbocycles. The van der Waals surface area contributed by atoms with Crippen molar-refractivity contribution >= 4 is 82.8 Å². The molecular weight excluding hydrogens is 1300 g/mol. The van der Waals surface area contributed by atoms with Gasteiger partial charge in [-0.25, -0.2) is 9.78 Å². The van der Waals surface area contributed by atoms with Gasteiger partial charge in [0.1, 0.15) is 78.0 Å². The highest BCUT2D eigenvalue weighted by atomic mass is 16.4. The summed E-state index contributed by atoms with van der Waals surface area (Å²) in [4.78, 5) is 202. The van der Waals surface area contributed by atoms with E-state index in [1.165, 1.54) is 80.1 Å². The lowest BCUT2D eigenvalue weighted by atomic mass is 9.98. The van der Waals surface area contributed by atoms with E-state index >= 15 is 0 Å². The fourth-order valence-electron chi connectivity index (χ4n) is 10.5. The molecule has 0 aliphatic carbocycles. The van der Waals surface area contributed by atoms with Gasteiger partial charge in [0.15, 0.2) is 0 Å². The summed E-state index contributed by atoms with van der Waals surface area (Å²) in [6, 6.07) is 1.34. The van der Waals surface area contributed by atoms with Gasteiger partial charge in [0.05, 0.1) is 19.2 Å². The molecule has 5 rings (SSSR count). The number of allylic oxidation sites excluding steroid dienone is 1. The third-order valence-corrected chi connectivity index (χ3v) is 15.9. The second-order valence-electron chi connectivity index (χ2n) is 25.4. The van der Waals surface area contributed by atoms with E-state index in [0.29, 0.717) is 11.1 Å². The van der Waals surface area contributed by atoms with Gasteiger partial charge in [-0.1, -0.05) is 108 Å². The Morgan fingerprint density at radius 3 is 1.37 bits per heavy atom. The van der Waals surface area contributed by atoms with E-state index in [1.54, 1.807) is 71.9 Å². The average Bonchev–Trinajstić information content (AvgIpc) is 0.950. The molecule has 11 atom stereocenters. The number of carboxylic acid groups (broad SMARTS) is 2. The molecule has 540 valence electrons. The molecule has 0 saturated heterocycles. The Labute approximate surface area is 576 Å². The van der Waals surface area contributed by atoms with Crippen LogP contribution in [-0.2, 0) is 92.8 Å². The number of phenols is 2. The molecule has 1 aliphatic rings. The number of nitrogens with two attached hydrogens (primary N) is 1. The Hall–Kier alpha value is -11.2. The van der Waals surface area contributed by atoms with E-state index in [9.17, 15) is 87.5 Å². The van der Waals surface area contributed by atoms with Crippen molar-refractivity contribution in [2.24, 2.45) is 23.5 Å². The summed E-state index contributed by atoms with van der Waals surface area (Å²) < 4.78 is 0. The van der Waals surface area contributed by atoms with Crippen molar-refractivity contribution in [1.82, 2.24) is 68.5 Å². The average molecular weight is 1390 g/mol. The van der Waals surface area contributed by atoms with Crippen molar-refractivity contribution in [3.8, 4) is 11.5 Å². The Kier molecular flexibility index (Phi) is 30.7. The normalized spacial score (nSPS) is 24.2. The first kappa shape index (κ1) is 79.5. The Bertz CT molecular complexity index is 3550. The van der Waals surface area contributed by atoms with Crippen LogP contribution in [0.4, 0.5) is 0 Å². The first-order valence-corrected chi connectivity index (χ1v) is 32.5. The highest BCUT2D eigenvalue weighted by Gasteiger charge is 2.38. The van der Waals surface area contributed by atoms with Crippen LogP contribution in [0, 0.1) is 17.8 Å². The minimum absolute atomic E-state index is 0.0290. The molecule has 0 spiro atoms. The number of aromatic amines is 1. The number of primary amides is 1. The summed E-state index contributed by atoms with van der Waals surface area (Å²) in [6.45, 7) is 11.1. The number of benzene rings is 3. The monoisotopic (exact) mass is 1390 g/mol. The minimum Gasteiger partial charge on any atom is -0.508 e. The molecule has 4 aromatic rings. The van der Waals surface area contributed by atoms with E-state index in [-0.39, 0.29) is 67.2 Å². The van der Waals surface area contributed by atoms with Gasteiger partial charge in [-0.2, -0.15) is 0 Å². The number of aliphatic carboxylic acids is 2. The maximum atomic E-state index is 14.7. The van der Waals surface area contributed by atoms with Gasteiger partial charge in [0.25, 0.3) is 0 Å². The SMILES string of the molecule is CC(C)C[C@@H]1NC(=O)[C@H](Cc2ccc(O)cc2)NC(=O)[C@H](CC(=O)O)NC(=O)[C@H](Cc2ccc(O)cc2)NC(=O)[C@H](CC(N)=O)NC(=O)[C@H](Cc2cnc[nH]2)NC(=O)[C@H](C)NC(=O)[C@H](Cc2ccccc2)NC(=O)[C@H](C(C)C)NC(=O)CC/C=C\C[C@@H](C(=O)O)NC(=O)[C@H](C(C)C)NC1=O. The van der Waals surface area contributed by atoms with Gasteiger partial charge in [-0.3, -0.25) is 62.3 Å². The molecule has 18 N–H and O–H groups in total. The summed E-state index contributed by atoms with van der Waals surface area (Å²) in [7, 11) is 0. The van der Waals surface area contributed by atoms with E-state index in [0.717, 1.165) is 0 Å². The van der Waals surface area contributed by atoms with E-state index in [4.69, 9.17) is 5.73 Å². The van der Waals surface area contributed by atoms with Crippen LogP contribution in [0.2, 0.25) is 0 Å². The van der Waals surface area contributed by atoms with Crippen LogP contribution in [0.3, 0.4) is 0 Å². The van der Waals surface area contributed by atoms with Gasteiger partial charge >= 0.3 is 11.9 Å². The van der Waals surface area contributed by atoms with Crippen LogP contribution in [0.15, 0.2) is 104 Å². The quantitative estimate of drug-likeness (QED) is 0.0563. The molecule has 32 nitrogen and oxygen atoms in total. The number of carbonyl (C=O) groups excluding carboxylic acids is 12. The Morgan fingerprint density at radius 1 is 0.480 bits per heavy atom. The standard InChI is InChI=1S/C68H90N14O18/c1-35(2)26-46-65(96)82-57(37(5)6)67(98)73-45(68(99)100)16-12-9-13-17-54(86)81-56(36(3)4)66(97)80-47(27-39-14-10-8-11-15-39)59(90)72-38(7)58(89)74-50(30-42-33-70-34-71-42)62(93)78-51(31-53(69)85)63(94)76-49(29-41-20-24-44(84)25-21-41)61(92)79-52(32-55(87)88)64(95)77-48(60(91)75-46)28-40-18-22-43(83)23-19-40/h8-12,14-15,18-25,33-38,45-52,56-57,83-84H,13,16-17,26-32H2,1-7H3,(H2,69,85)(H,70,71)(H,72,90)(H,73,98)(H,74,89)(H,75,91)(H,76,94)(H,77,95)(H,78,93)(H,79,92)(H,80,97)(H,81,86)(H,82,96)(H,87,88)(H,99,100)/b12-9-/t38-,45-,46-,47-,48-,49-,50-,51-,52-,56-,57-/m0/s1. The lowest BCUT2D eigenvalue weighted by molar-refractivity contribution is -0.143. The number of carbonyl (C=O) groups is 14. The smallest absolute Gasteiger partial charge is 0.326 e. The van der Waals surface area contributed by atoms with Gasteiger partial charge in [-0.15, -0.1) is 0 Å². The number of H-pyrrole nitrogens is 1. The molecule has 12 amide bonds. The number of imidazole rings is 1. The van der Waals surface area contributed by atoms with E-state index in [1.807, 2.05) is 0 Å². The molecule has 0 unspecified atom stereocenters. The number of nitrogens with one attached hydrogen (secondary N) is 12. The largest absolute Gasteiger partial charge is 0.508 e. The summed E-state index contributed by atoms with van der Waals surface area (Å²) in [5.74, 6) is -17.3. The topological polar surface area (TPSA) is 507 Å². The molecule has 2 heterocycles. The molecule has 32 heteroatoms. The fourth-order valence-corrected chi connectivity index (χ4v) is 10.5. The molecule has 1 aliphatic heterocycles. The Morgan fingerprint density at radius 2 is 0.900 bits per heavy atom. The van der Waals surface area contributed by atoms with Crippen molar-refractivity contribution in [1.29, 1.82) is 0 Å². The van der Waals surface area contributed by atoms with Crippen LogP contribution in [0.5, 0.6) is 11.5 Å². The third kappa shape index (κ3) is 26.3. The predicted molar refractivity (Wildman–Crippen MR) is 359 cm³/mol. The van der Waals surface area contributed by atoms with Crippen LogP contribution in [0.1, 0.15) is 109 Å². The first-order chi connectivity index (χ1) is 47.3. The zero-order valence-corrected chi connectivity index (χ0v) is 56.5. The number of rotatable bonds is 17. The lowest BCUT2D eigenvalue weighted by Crippen LogP contribution is -2.61. The summed E-state index contributed by atoms with van der Waals surface area (Å²) in [5, 5.41) is 68.3. The van der Waals surface area contributed by atoms with Gasteiger partial charge in [0, 0.05) is 44.0 Å². The Balaban J connectivity index is 1.59. The van der Waals surface area contributed by atoms with Crippen molar-refractivity contribution in [3.05, 3.63) is 126 Å². The van der Waals surface area contributed by atoms with Crippen LogP contribution in [-0.4, -0.2) is 180 Å². The fraction of sp³-hybridized carbons (Fsp3) is 0.456.